The normalized spacial score (nSPS) is 28.7. The Kier molecular flexibility index (Phi) is 3.97. The van der Waals surface area contributed by atoms with Crippen LogP contribution in [0.4, 0.5) is 0 Å². The Morgan fingerprint density at radius 2 is 2.29 bits per heavy atom. The zero-order valence-electron chi connectivity index (χ0n) is 13.4. The fourth-order valence-electron chi connectivity index (χ4n) is 3.82. The largest absolute Gasteiger partial charge is 0.467 e. The van der Waals surface area contributed by atoms with Crippen LogP contribution in [0.5, 0.6) is 0 Å². The molecule has 1 saturated carbocycles. The Morgan fingerprint density at radius 3 is 3.12 bits per heavy atom. The molecule has 2 N–H and O–H groups in total. The number of amides is 2. The van der Waals surface area contributed by atoms with E-state index >= 15 is 0 Å². The highest BCUT2D eigenvalue weighted by atomic mass is 16.3. The van der Waals surface area contributed by atoms with E-state index in [9.17, 15) is 9.59 Å². The molecule has 8 nitrogen and oxygen atoms in total. The molecular formula is C16H21N5O3. The van der Waals surface area contributed by atoms with E-state index in [1.54, 1.807) is 24.7 Å². The van der Waals surface area contributed by atoms with E-state index < -0.39 is 0 Å². The third kappa shape index (κ3) is 2.77. The molecule has 2 amide bonds. The van der Waals surface area contributed by atoms with Gasteiger partial charge in [-0.1, -0.05) is 12.8 Å². The Labute approximate surface area is 139 Å². The van der Waals surface area contributed by atoms with E-state index in [0.29, 0.717) is 24.3 Å². The number of carbonyl (C=O) groups excluding carboxylic acids is 2. The zero-order valence-corrected chi connectivity index (χ0v) is 13.4. The highest BCUT2D eigenvalue weighted by Gasteiger charge is 2.48. The second-order valence-corrected chi connectivity index (χ2v) is 6.52. The second-order valence-electron chi connectivity index (χ2n) is 6.52. The van der Waals surface area contributed by atoms with Crippen molar-refractivity contribution in [1.82, 2.24) is 20.8 Å². The SMILES string of the molecule is O=C(CN1N=CN2NC3CCCCC3C2C1=O)NCc1ccco1. The molecule has 0 bridgehead atoms. The lowest BCUT2D eigenvalue weighted by molar-refractivity contribution is -0.141. The maximum atomic E-state index is 12.8. The minimum Gasteiger partial charge on any atom is -0.467 e. The first-order valence-corrected chi connectivity index (χ1v) is 8.41. The van der Waals surface area contributed by atoms with E-state index in [2.05, 4.69) is 15.8 Å². The van der Waals surface area contributed by atoms with Crippen molar-refractivity contribution in [3.63, 3.8) is 0 Å². The van der Waals surface area contributed by atoms with E-state index in [1.807, 2.05) is 5.01 Å². The molecule has 1 aromatic heterocycles. The molecule has 8 heteroatoms. The first-order chi connectivity index (χ1) is 11.7. The first-order valence-electron chi connectivity index (χ1n) is 8.41. The molecule has 3 heterocycles. The third-order valence-electron chi connectivity index (χ3n) is 5.00. The van der Waals surface area contributed by atoms with Crippen molar-refractivity contribution in [2.75, 3.05) is 6.54 Å². The molecule has 0 radical (unpaired) electrons. The van der Waals surface area contributed by atoms with Gasteiger partial charge in [0.2, 0.25) is 5.91 Å². The fraction of sp³-hybridized carbons (Fsp3) is 0.562. The average molecular weight is 331 g/mol. The summed E-state index contributed by atoms with van der Waals surface area (Å²) >= 11 is 0. The predicted molar refractivity (Wildman–Crippen MR) is 85.3 cm³/mol. The summed E-state index contributed by atoms with van der Waals surface area (Å²) in [7, 11) is 0. The number of fused-ring (bicyclic) bond motifs is 3. The summed E-state index contributed by atoms with van der Waals surface area (Å²) in [6, 6.07) is 3.65. The van der Waals surface area contributed by atoms with Crippen molar-refractivity contribution in [2.45, 2.75) is 44.3 Å². The van der Waals surface area contributed by atoms with E-state index in [0.717, 1.165) is 19.3 Å². The molecule has 2 fully saturated rings. The van der Waals surface area contributed by atoms with Gasteiger partial charge < -0.3 is 9.73 Å². The number of hydrazine groups is 1. The molecule has 0 spiro atoms. The molecule has 24 heavy (non-hydrogen) atoms. The smallest absolute Gasteiger partial charge is 0.267 e. The molecule has 1 aliphatic carbocycles. The van der Waals surface area contributed by atoms with Crippen molar-refractivity contribution < 1.29 is 14.0 Å². The van der Waals surface area contributed by atoms with Crippen molar-refractivity contribution in [3.8, 4) is 0 Å². The number of hydrogen-bond donors (Lipinski definition) is 2. The monoisotopic (exact) mass is 331 g/mol. The lowest BCUT2D eigenvalue weighted by Gasteiger charge is -2.32. The molecule has 3 atom stereocenters. The van der Waals surface area contributed by atoms with Crippen LogP contribution in [0.3, 0.4) is 0 Å². The Balaban J connectivity index is 1.37. The summed E-state index contributed by atoms with van der Waals surface area (Å²) < 4.78 is 5.17. The summed E-state index contributed by atoms with van der Waals surface area (Å²) in [4.78, 5) is 24.8. The van der Waals surface area contributed by atoms with Crippen LogP contribution in [-0.4, -0.2) is 46.8 Å². The fourth-order valence-corrected chi connectivity index (χ4v) is 3.82. The van der Waals surface area contributed by atoms with E-state index in [1.165, 1.54) is 11.4 Å². The zero-order chi connectivity index (χ0) is 16.5. The summed E-state index contributed by atoms with van der Waals surface area (Å²) in [5.74, 6) is 0.615. The van der Waals surface area contributed by atoms with Crippen LogP contribution in [0.2, 0.25) is 0 Å². The first kappa shape index (κ1) is 15.2. The number of nitrogens with zero attached hydrogens (tertiary/aromatic N) is 3. The van der Waals surface area contributed by atoms with Crippen LogP contribution in [0.25, 0.3) is 0 Å². The number of hydrazone groups is 1. The van der Waals surface area contributed by atoms with E-state index in [-0.39, 0.29) is 24.4 Å². The molecule has 3 unspecified atom stereocenters. The third-order valence-corrected chi connectivity index (χ3v) is 5.00. The van der Waals surface area contributed by atoms with Gasteiger partial charge in [-0.2, -0.15) is 5.10 Å². The topological polar surface area (TPSA) is 90.2 Å². The summed E-state index contributed by atoms with van der Waals surface area (Å²) in [6.07, 6.45) is 7.66. The number of rotatable bonds is 4. The van der Waals surface area contributed by atoms with Crippen LogP contribution in [-0.2, 0) is 16.1 Å². The minimum absolute atomic E-state index is 0.0717. The molecular weight excluding hydrogens is 310 g/mol. The number of nitrogens with one attached hydrogen (secondary N) is 2. The van der Waals surface area contributed by atoms with Gasteiger partial charge in [0.05, 0.1) is 12.8 Å². The van der Waals surface area contributed by atoms with Gasteiger partial charge in [0.25, 0.3) is 5.91 Å². The molecule has 0 aromatic carbocycles. The predicted octanol–water partition coefficient (Wildman–Crippen LogP) is 0.429. The van der Waals surface area contributed by atoms with Gasteiger partial charge >= 0.3 is 0 Å². The van der Waals surface area contributed by atoms with Crippen molar-refractivity contribution >= 4 is 18.2 Å². The molecule has 3 aliphatic rings. The standard InChI is InChI=1S/C16H21N5O3/c22-14(17-8-11-4-3-7-24-11)9-20-16(23)15-12-5-1-2-6-13(12)19-21(15)10-18-20/h3-4,7,10,12-13,15,19H,1-2,5-6,8-9H2,(H,17,22). The lowest BCUT2D eigenvalue weighted by atomic mass is 9.81. The van der Waals surface area contributed by atoms with Crippen LogP contribution in [0, 0.1) is 5.92 Å². The summed E-state index contributed by atoms with van der Waals surface area (Å²) in [5, 5.41) is 9.97. The lowest BCUT2D eigenvalue weighted by Crippen LogP contribution is -2.53. The summed E-state index contributed by atoms with van der Waals surface area (Å²) in [5.41, 5.74) is 3.37. The van der Waals surface area contributed by atoms with Crippen molar-refractivity contribution in [1.29, 1.82) is 0 Å². The molecule has 1 aromatic rings. The molecule has 1 saturated heterocycles. The van der Waals surface area contributed by atoms with Crippen LogP contribution < -0.4 is 10.7 Å². The quantitative estimate of drug-likeness (QED) is 0.835. The summed E-state index contributed by atoms with van der Waals surface area (Å²) in [6.45, 7) is 0.233. The van der Waals surface area contributed by atoms with Gasteiger partial charge in [0.1, 0.15) is 24.7 Å². The number of hydrogen-bond acceptors (Lipinski definition) is 6. The van der Waals surface area contributed by atoms with Crippen molar-refractivity contribution in [3.05, 3.63) is 24.2 Å². The Hall–Kier alpha value is -2.35. The van der Waals surface area contributed by atoms with Gasteiger partial charge in [-0.3, -0.25) is 14.6 Å². The maximum absolute atomic E-state index is 12.8. The Morgan fingerprint density at radius 1 is 1.42 bits per heavy atom. The maximum Gasteiger partial charge on any atom is 0.267 e. The second kappa shape index (κ2) is 6.27. The molecule has 128 valence electrons. The highest BCUT2D eigenvalue weighted by molar-refractivity contribution is 5.91. The van der Waals surface area contributed by atoms with Gasteiger partial charge in [0, 0.05) is 12.0 Å². The Bertz CT molecular complexity index is 644. The van der Waals surface area contributed by atoms with Crippen LogP contribution in [0.15, 0.2) is 27.9 Å². The van der Waals surface area contributed by atoms with Crippen LogP contribution in [0.1, 0.15) is 31.4 Å². The number of carbonyl (C=O) groups is 2. The highest BCUT2D eigenvalue weighted by Crippen LogP contribution is 2.35. The number of furan rings is 1. The van der Waals surface area contributed by atoms with Gasteiger partial charge in [-0.25, -0.2) is 10.4 Å². The van der Waals surface area contributed by atoms with Gasteiger partial charge in [-0.05, 0) is 25.0 Å². The minimum atomic E-state index is -0.253. The van der Waals surface area contributed by atoms with Gasteiger partial charge in [0.15, 0.2) is 0 Å². The van der Waals surface area contributed by atoms with E-state index in [4.69, 9.17) is 4.42 Å². The van der Waals surface area contributed by atoms with Crippen LogP contribution >= 0.6 is 0 Å². The van der Waals surface area contributed by atoms with Crippen molar-refractivity contribution in [2.24, 2.45) is 11.0 Å². The van der Waals surface area contributed by atoms with Gasteiger partial charge in [-0.15, -0.1) is 0 Å². The molecule has 2 aliphatic heterocycles. The average Bonchev–Trinajstić information content (AvgIpc) is 3.22. The molecule has 4 rings (SSSR count).